The number of amides is 1. The van der Waals surface area contributed by atoms with E-state index in [1.54, 1.807) is 40.1 Å². The molecule has 0 aromatic heterocycles. The Morgan fingerprint density at radius 2 is 1.76 bits per heavy atom. The van der Waals surface area contributed by atoms with Crippen LogP contribution in [0.2, 0.25) is 0 Å². The van der Waals surface area contributed by atoms with Gasteiger partial charge in [-0.25, -0.2) is 13.6 Å². The summed E-state index contributed by atoms with van der Waals surface area (Å²) in [6.07, 6.45) is 1.02. The Kier molecular flexibility index (Phi) is 5.74. The molecule has 0 spiro atoms. The normalized spacial score (nSPS) is 11.3. The van der Waals surface area contributed by atoms with E-state index in [-0.39, 0.29) is 10.8 Å². The predicted octanol–water partition coefficient (Wildman–Crippen LogP) is 1.20. The fourth-order valence-electron chi connectivity index (χ4n) is 2.08. The standard InChI is InChI=1S/C14H22N2O4S/c1-10-8-12(9-11(2)14(10)21(15,18)19)20-7-5-6-13(17)16(3)4/h8-9H,5-7H2,1-4H3,(H2,15,18,19). The highest BCUT2D eigenvalue weighted by molar-refractivity contribution is 7.89. The summed E-state index contributed by atoms with van der Waals surface area (Å²) in [5.74, 6) is 0.630. The van der Waals surface area contributed by atoms with Crippen molar-refractivity contribution in [2.24, 2.45) is 5.14 Å². The van der Waals surface area contributed by atoms with Crippen LogP contribution in [0.4, 0.5) is 0 Å². The van der Waals surface area contributed by atoms with Gasteiger partial charge in [-0.3, -0.25) is 4.79 Å². The van der Waals surface area contributed by atoms with Gasteiger partial charge in [0.1, 0.15) is 5.75 Å². The Hall–Kier alpha value is -1.60. The van der Waals surface area contributed by atoms with Gasteiger partial charge in [-0.15, -0.1) is 0 Å². The lowest BCUT2D eigenvalue weighted by Gasteiger charge is -2.13. The Morgan fingerprint density at radius 3 is 2.19 bits per heavy atom. The molecule has 21 heavy (non-hydrogen) atoms. The van der Waals surface area contributed by atoms with Crippen molar-refractivity contribution in [3.8, 4) is 5.75 Å². The van der Waals surface area contributed by atoms with E-state index in [9.17, 15) is 13.2 Å². The van der Waals surface area contributed by atoms with Crippen LogP contribution in [0.1, 0.15) is 24.0 Å². The highest BCUT2D eigenvalue weighted by Gasteiger charge is 2.16. The zero-order valence-electron chi connectivity index (χ0n) is 12.8. The van der Waals surface area contributed by atoms with Gasteiger partial charge in [-0.1, -0.05) is 0 Å². The van der Waals surface area contributed by atoms with Crippen LogP contribution in [0.5, 0.6) is 5.75 Å². The topological polar surface area (TPSA) is 89.7 Å². The summed E-state index contributed by atoms with van der Waals surface area (Å²) in [5, 5.41) is 5.18. The molecule has 0 unspecified atom stereocenters. The molecule has 0 aliphatic heterocycles. The molecule has 0 aliphatic carbocycles. The van der Waals surface area contributed by atoms with Gasteiger partial charge in [0.25, 0.3) is 0 Å². The van der Waals surface area contributed by atoms with Crippen molar-refractivity contribution in [3.63, 3.8) is 0 Å². The lowest BCUT2D eigenvalue weighted by Crippen LogP contribution is -2.21. The van der Waals surface area contributed by atoms with E-state index in [1.165, 1.54) is 4.90 Å². The fourth-order valence-corrected chi connectivity index (χ4v) is 3.10. The molecule has 0 bridgehead atoms. The molecular weight excluding hydrogens is 292 g/mol. The second kappa shape index (κ2) is 6.91. The largest absolute Gasteiger partial charge is 0.494 e. The zero-order chi connectivity index (χ0) is 16.2. The van der Waals surface area contributed by atoms with Crippen LogP contribution in [0.15, 0.2) is 17.0 Å². The second-order valence-corrected chi connectivity index (χ2v) is 6.67. The summed E-state index contributed by atoms with van der Waals surface area (Å²) >= 11 is 0. The number of nitrogens with two attached hydrogens (primary N) is 1. The average Bonchev–Trinajstić information content (AvgIpc) is 2.31. The highest BCUT2D eigenvalue weighted by Crippen LogP contribution is 2.25. The molecule has 6 nitrogen and oxygen atoms in total. The number of hydrogen-bond acceptors (Lipinski definition) is 4. The van der Waals surface area contributed by atoms with E-state index >= 15 is 0 Å². The zero-order valence-corrected chi connectivity index (χ0v) is 13.7. The minimum atomic E-state index is -3.73. The molecule has 0 heterocycles. The Balaban J connectivity index is 2.69. The van der Waals surface area contributed by atoms with Gasteiger partial charge in [0.15, 0.2) is 0 Å². The molecule has 1 amide bonds. The number of sulfonamides is 1. The van der Waals surface area contributed by atoms with E-state index in [1.807, 2.05) is 0 Å². The minimum absolute atomic E-state index is 0.0514. The highest BCUT2D eigenvalue weighted by atomic mass is 32.2. The van der Waals surface area contributed by atoms with Gasteiger partial charge in [-0.05, 0) is 43.5 Å². The first-order valence-corrected chi connectivity index (χ1v) is 8.14. The van der Waals surface area contributed by atoms with Gasteiger partial charge in [0, 0.05) is 20.5 Å². The Bertz CT molecular complexity index is 601. The first kappa shape index (κ1) is 17.5. The molecule has 0 saturated heterocycles. The maximum absolute atomic E-state index is 11.5. The van der Waals surface area contributed by atoms with E-state index < -0.39 is 10.0 Å². The summed E-state index contributed by atoms with van der Waals surface area (Å²) in [6, 6.07) is 3.28. The maximum atomic E-state index is 11.5. The third-order valence-corrected chi connectivity index (χ3v) is 4.23. The van der Waals surface area contributed by atoms with Crippen molar-refractivity contribution in [1.29, 1.82) is 0 Å². The lowest BCUT2D eigenvalue weighted by molar-refractivity contribution is -0.128. The van der Waals surface area contributed by atoms with Crippen molar-refractivity contribution in [2.45, 2.75) is 31.6 Å². The third-order valence-electron chi connectivity index (χ3n) is 3.02. The lowest BCUT2D eigenvalue weighted by atomic mass is 10.1. The SMILES string of the molecule is Cc1cc(OCCCC(=O)N(C)C)cc(C)c1S(N)(=O)=O. The number of hydrogen-bond donors (Lipinski definition) is 1. The van der Waals surface area contributed by atoms with Crippen LogP contribution < -0.4 is 9.88 Å². The van der Waals surface area contributed by atoms with Crippen LogP contribution in [0.3, 0.4) is 0 Å². The molecule has 0 fully saturated rings. The summed E-state index contributed by atoms with van der Waals surface area (Å²) in [7, 11) is -0.312. The van der Waals surface area contributed by atoms with Crippen molar-refractivity contribution >= 4 is 15.9 Å². The number of carbonyl (C=O) groups excluding carboxylic acids is 1. The molecule has 1 aromatic rings. The van der Waals surface area contributed by atoms with Crippen molar-refractivity contribution < 1.29 is 17.9 Å². The molecule has 118 valence electrons. The van der Waals surface area contributed by atoms with E-state index in [0.717, 1.165) is 0 Å². The van der Waals surface area contributed by atoms with Crippen LogP contribution in [-0.4, -0.2) is 39.9 Å². The summed E-state index contributed by atoms with van der Waals surface area (Å²) in [4.78, 5) is 13.1. The molecule has 0 radical (unpaired) electrons. The summed E-state index contributed by atoms with van der Waals surface area (Å²) < 4.78 is 28.5. The Labute approximate surface area is 125 Å². The van der Waals surface area contributed by atoms with E-state index in [0.29, 0.717) is 36.3 Å². The first-order valence-electron chi connectivity index (χ1n) is 6.60. The second-order valence-electron chi connectivity index (χ2n) is 5.17. The van der Waals surface area contributed by atoms with Gasteiger partial charge < -0.3 is 9.64 Å². The monoisotopic (exact) mass is 314 g/mol. The number of nitrogens with zero attached hydrogens (tertiary/aromatic N) is 1. The summed E-state index contributed by atoms with van der Waals surface area (Å²) in [6.45, 7) is 3.75. The van der Waals surface area contributed by atoms with Gasteiger partial charge in [-0.2, -0.15) is 0 Å². The van der Waals surface area contributed by atoms with Crippen molar-refractivity contribution in [1.82, 2.24) is 4.90 Å². The van der Waals surface area contributed by atoms with E-state index in [2.05, 4.69) is 0 Å². The van der Waals surface area contributed by atoms with Crippen LogP contribution in [-0.2, 0) is 14.8 Å². The van der Waals surface area contributed by atoms with Crippen LogP contribution >= 0.6 is 0 Å². The number of benzene rings is 1. The number of ether oxygens (including phenoxy) is 1. The number of primary sulfonamides is 1. The Morgan fingerprint density at radius 1 is 1.24 bits per heavy atom. The minimum Gasteiger partial charge on any atom is -0.494 e. The van der Waals surface area contributed by atoms with Gasteiger partial charge in [0.2, 0.25) is 15.9 Å². The number of aryl methyl sites for hydroxylation is 2. The fraction of sp³-hybridized carbons (Fsp3) is 0.500. The number of carbonyl (C=O) groups is 1. The average molecular weight is 314 g/mol. The molecule has 7 heteroatoms. The third kappa shape index (κ3) is 5.02. The van der Waals surface area contributed by atoms with Crippen LogP contribution in [0, 0.1) is 13.8 Å². The quantitative estimate of drug-likeness (QED) is 0.799. The van der Waals surface area contributed by atoms with Gasteiger partial charge >= 0.3 is 0 Å². The van der Waals surface area contributed by atoms with Crippen molar-refractivity contribution in [3.05, 3.63) is 23.3 Å². The molecule has 0 atom stereocenters. The molecule has 1 aromatic carbocycles. The predicted molar refractivity (Wildman–Crippen MR) is 80.7 cm³/mol. The number of rotatable bonds is 6. The molecule has 0 saturated carbocycles. The molecule has 2 N–H and O–H groups in total. The molecular formula is C14H22N2O4S. The van der Waals surface area contributed by atoms with Crippen molar-refractivity contribution in [2.75, 3.05) is 20.7 Å². The summed E-state index contributed by atoms with van der Waals surface area (Å²) in [5.41, 5.74) is 1.11. The smallest absolute Gasteiger partial charge is 0.238 e. The van der Waals surface area contributed by atoms with Gasteiger partial charge in [0.05, 0.1) is 11.5 Å². The molecule has 0 aliphatic rings. The maximum Gasteiger partial charge on any atom is 0.238 e. The van der Waals surface area contributed by atoms with Crippen LogP contribution in [0.25, 0.3) is 0 Å². The molecule has 1 rings (SSSR count). The van der Waals surface area contributed by atoms with E-state index in [4.69, 9.17) is 9.88 Å². The first-order chi connectivity index (χ1) is 9.62.